The van der Waals surface area contributed by atoms with Crippen molar-refractivity contribution in [3.63, 3.8) is 0 Å². The maximum absolute atomic E-state index is 5.96. The Labute approximate surface area is 128 Å². The molecule has 1 aromatic rings. The van der Waals surface area contributed by atoms with E-state index in [4.69, 9.17) is 11.6 Å². The third-order valence-electron chi connectivity index (χ3n) is 4.14. The Balaban J connectivity index is 1.88. The summed E-state index contributed by atoms with van der Waals surface area (Å²) in [6.45, 7) is 9.11. The largest absolute Gasteiger partial charge is 0.313 e. The van der Waals surface area contributed by atoms with Crippen molar-refractivity contribution < 1.29 is 0 Å². The van der Waals surface area contributed by atoms with E-state index in [0.29, 0.717) is 6.04 Å². The van der Waals surface area contributed by atoms with Crippen molar-refractivity contribution in [2.75, 3.05) is 20.1 Å². The van der Waals surface area contributed by atoms with E-state index in [1.54, 1.807) is 0 Å². The molecule has 1 aliphatic carbocycles. The van der Waals surface area contributed by atoms with Crippen LogP contribution in [0.15, 0.2) is 24.3 Å². The second kappa shape index (κ2) is 6.46. The lowest BCUT2D eigenvalue weighted by atomic mass is 9.91. The standard InChI is InChI=1S/C17H27ClN2/c1-13(14-5-7-15(18)8-6-14)20(4)12-17(2,3)11-19-16-9-10-16/h5-8,13,16,19H,9-12H2,1-4H3. The summed E-state index contributed by atoms with van der Waals surface area (Å²) in [6.07, 6.45) is 2.71. The highest BCUT2D eigenvalue weighted by molar-refractivity contribution is 6.30. The predicted molar refractivity (Wildman–Crippen MR) is 87.3 cm³/mol. The number of halogens is 1. The summed E-state index contributed by atoms with van der Waals surface area (Å²) < 4.78 is 0. The zero-order valence-corrected chi connectivity index (χ0v) is 13.9. The van der Waals surface area contributed by atoms with Gasteiger partial charge in [0.25, 0.3) is 0 Å². The van der Waals surface area contributed by atoms with E-state index >= 15 is 0 Å². The van der Waals surface area contributed by atoms with E-state index in [9.17, 15) is 0 Å². The molecule has 0 bridgehead atoms. The first-order valence-electron chi connectivity index (χ1n) is 7.56. The van der Waals surface area contributed by atoms with Gasteiger partial charge in [-0.1, -0.05) is 37.6 Å². The van der Waals surface area contributed by atoms with E-state index in [1.807, 2.05) is 12.1 Å². The smallest absolute Gasteiger partial charge is 0.0406 e. The monoisotopic (exact) mass is 294 g/mol. The fourth-order valence-electron chi connectivity index (χ4n) is 2.57. The lowest BCUT2D eigenvalue weighted by molar-refractivity contribution is 0.165. The van der Waals surface area contributed by atoms with Crippen molar-refractivity contribution in [3.8, 4) is 0 Å². The zero-order chi connectivity index (χ0) is 14.8. The van der Waals surface area contributed by atoms with Crippen LogP contribution >= 0.6 is 11.6 Å². The minimum absolute atomic E-state index is 0.290. The first kappa shape index (κ1) is 15.8. The van der Waals surface area contributed by atoms with Crippen LogP contribution in [0.4, 0.5) is 0 Å². The molecule has 20 heavy (non-hydrogen) atoms. The lowest BCUT2D eigenvalue weighted by Crippen LogP contribution is -2.40. The molecule has 1 fully saturated rings. The van der Waals surface area contributed by atoms with Gasteiger partial charge in [-0.3, -0.25) is 4.90 Å². The maximum atomic E-state index is 5.96. The van der Waals surface area contributed by atoms with Crippen molar-refractivity contribution in [1.82, 2.24) is 10.2 Å². The van der Waals surface area contributed by atoms with Gasteiger partial charge in [-0.2, -0.15) is 0 Å². The van der Waals surface area contributed by atoms with E-state index in [0.717, 1.165) is 24.2 Å². The van der Waals surface area contributed by atoms with E-state index < -0.39 is 0 Å². The van der Waals surface area contributed by atoms with Crippen LogP contribution in [0.3, 0.4) is 0 Å². The molecule has 0 amide bonds. The molecule has 1 saturated carbocycles. The SMILES string of the molecule is CC(c1ccc(Cl)cc1)N(C)CC(C)(C)CNC1CC1. The Kier molecular flexibility index (Phi) is 5.11. The van der Waals surface area contributed by atoms with Crippen LogP contribution in [0.25, 0.3) is 0 Å². The van der Waals surface area contributed by atoms with Crippen molar-refractivity contribution in [1.29, 1.82) is 0 Å². The van der Waals surface area contributed by atoms with Gasteiger partial charge in [0, 0.05) is 30.2 Å². The van der Waals surface area contributed by atoms with Crippen molar-refractivity contribution in [3.05, 3.63) is 34.9 Å². The van der Waals surface area contributed by atoms with Crippen molar-refractivity contribution in [2.45, 2.75) is 45.7 Å². The number of hydrogen-bond acceptors (Lipinski definition) is 2. The molecule has 2 rings (SSSR count). The fourth-order valence-corrected chi connectivity index (χ4v) is 2.70. The van der Waals surface area contributed by atoms with Crippen LogP contribution in [-0.2, 0) is 0 Å². The molecule has 0 saturated heterocycles. The summed E-state index contributed by atoms with van der Waals surface area (Å²) in [5.74, 6) is 0. The molecule has 112 valence electrons. The highest BCUT2D eigenvalue weighted by atomic mass is 35.5. The van der Waals surface area contributed by atoms with Crippen LogP contribution < -0.4 is 5.32 Å². The average Bonchev–Trinajstić information content (AvgIpc) is 3.20. The van der Waals surface area contributed by atoms with Crippen LogP contribution in [0.2, 0.25) is 5.02 Å². The summed E-state index contributed by atoms with van der Waals surface area (Å²) in [5.41, 5.74) is 1.61. The molecule has 0 spiro atoms. The highest BCUT2D eigenvalue weighted by Crippen LogP contribution is 2.26. The number of hydrogen-bond donors (Lipinski definition) is 1. The van der Waals surface area contributed by atoms with Crippen LogP contribution in [0.5, 0.6) is 0 Å². The lowest BCUT2D eigenvalue weighted by Gasteiger charge is -2.34. The summed E-state index contributed by atoms with van der Waals surface area (Å²) in [6, 6.07) is 9.39. The molecule has 0 aliphatic heterocycles. The van der Waals surface area contributed by atoms with Gasteiger partial charge < -0.3 is 5.32 Å². The number of nitrogens with one attached hydrogen (secondary N) is 1. The summed E-state index contributed by atoms with van der Waals surface area (Å²) in [4.78, 5) is 2.43. The van der Waals surface area contributed by atoms with E-state index in [2.05, 4.69) is 50.2 Å². The first-order chi connectivity index (χ1) is 9.37. The molecule has 0 radical (unpaired) electrons. The van der Waals surface area contributed by atoms with Crippen LogP contribution in [0.1, 0.15) is 45.2 Å². The molecule has 0 heterocycles. The summed E-state index contributed by atoms with van der Waals surface area (Å²) in [5, 5.41) is 4.45. The van der Waals surface area contributed by atoms with Crippen molar-refractivity contribution in [2.24, 2.45) is 5.41 Å². The molecule has 1 N–H and O–H groups in total. The maximum Gasteiger partial charge on any atom is 0.0406 e. The van der Waals surface area contributed by atoms with Gasteiger partial charge >= 0.3 is 0 Å². The molecule has 2 nitrogen and oxygen atoms in total. The predicted octanol–water partition coefficient (Wildman–Crippen LogP) is 4.11. The van der Waals surface area contributed by atoms with Gasteiger partial charge in [0.1, 0.15) is 0 Å². The van der Waals surface area contributed by atoms with Gasteiger partial charge in [0.2, 0.25) is 0 Å². The third-order valence-corrected chi connectivity index (χ3v) is 4.39. The highest BCUT2D eigenvalue weighted by Gasteiger charge is 2.27. The first-order valence-corrected chi connectivity index (χ1v) is 7.94. The van der Waals surface area contributed by atoms with Gasteiger partial charge in [-0.25, -0.2) is 0 Å². The van der Waals surface area contributed by atoms with Gasteiger partial charge in [-0.05, 0) is 49.9 Å². The van der Waals surface area contributed by atoms with Gasteiger partial charge in [-0.15, -0.1) is 0 Å². The molecular weight excluding hydrogens is 268 g/mol. The molecular formula is C17H27ClN2. The second-order valence-electron chi connectivity index (χ2n) is 6.96. The minimum atomic E-state index is 0.290. The molecule has 1 aliphatic rings. The number of nitrogens with zero attached hydrogens (tertiary/aromatic N) is 1. The Morgan fingerprint density at radius 2 is 1.90 bits per heavy atom. The Morgan fingerprint density at radius 1 is 1.30 bits per heavy atom. The molecule has 3 heteroatoms. The van der Waals surface area contributed by atoms with Gasteiger partial charge in [0.05, 0.1) is 0 Å². The Hall–Kier alpha value is -0.570. The topological polar surface area (TPSA) is 15.3 Å². The van der Waals surface area contributed by atoms with E-state index in [1.165, 1.54) is 18.4 Å². The molecule has 1 atom stereocenters. The van der Waals surface area contributed by atoms with Crippen LogP contribution in [-0.4, -0.2) is 31.1 Å². The molecule has 1 unspecified atom stereocenters. The third kappa shape index (κ3) is 4.76. The number of rotatable bonds is 7. The molecule has 1 aromatic carbocycles. The van der Waals surface area contributed by atoms with Gasteiger partial charge in [0.15, 0.2) is 0 Å². The summed E-state index contributed by atoms with van der Waals surface area (Å²) >= 11 is 5.96. The average molecular weight is 295 g/mol. The quantitative estimate of drug-likeness (QED) is 0.814. The van der Waals surface area contributed by atoms with E-state index in [-0.39, 0.29) is 5.41 Å². The Bertz CT molecular complexity index is 423. The second-order valence-corrected chi connectivity index (χ2v) is 7.40. The zero-order valence-electron chi connectivity index (χ0n) is 13.1. The fraction of sp³-hybridized carbons (Fsp3) is 0.647. The summed E-state index contributed by atoms with van der Waals surface area (Å²) in [7, 11) is 2.21. The minimum Gasteiger partial charge on any atom is -0.313 e. The van der Waals surface area contributed by atoms with Crippen molar-refractivity contribution >= 4 is 11.6 Å². The number of benzene rings is 1. The Morgan fingerprint density at radius 3 is 2.45 bits per heavy atom. The molecule has 0 aromatic heterocycles. The van der Waals surface area contributed by atoms with Crippen LogP contribution in [0, 0.1) is 5.41 Å². The normalized spacial score (nSPS) is 17.5.